The van der Waals surface area contributed by atoms with E-state index < -0.39 is 12.1 Å². The third-order valence-electron chi connectivity index (χ3n) is 7.78. The van der Waals surface area contributed by atoms with Gasteiger partial charge in [-0.3, -0.25) is 19.2 Å². The number of rotatable bonds is 9. The molecule has 2 aliphatic rings. The Morgan fingerprint density at radius 2 is 1.26 bits per heavy atom. The Morgan fingerprint density at radius 1 is 0.762 bits per heavy atom. The molecule has 9 heteroatoms. The van der Waals surface area contributed by atoms with Gasteiger partial charge in [0.05, 0.1) is 6.42 Å². The average Bonchev–Trinajstić information content (AvgIpc) is 3.79. The van der Waals surface area contributed by atoms with E-state index in [1.165, 1.54) is 0 Å². The molecule has 2 aromatic carbocycles. The van der Waals surface area contributed by atoms with E-state index in [1.807, 2.05) is 85.1 Å². The van der Waals surface area contributed by atoms with Gasteiger partial charge in [0.1, 0.15) is 12.1 Å². The molecule has 0 spiro atoms. The average molecular weight is 585 g/mol. The van der Waals surface area contributed by atoms with Crippen LogP contribution >= 0.6 is 11.3 Å². The fourth-order valence-electron chi connectivity index (χ4n) is 5.54. The molecule has 1 aromatic heterocycles. The van der Waals surface area contributed by atoms with Crippen LogP contribution in [0.15, 0.2) is 66.0 Å². The zero-order chi connectivity index (χ0) is 29.5. The molecule has 218 valence electrons. The zero-order valence-electron chi connectivity index (χ0n) is 23.8. The standard InChI is InChI=1S/C33H36N4O4S/c1-2-30(38)36-19-3-7-28(36)32(40)34-25-15-11-23(12-16-25)9-10-24-13-17-26(18-14-24)35-33(41)29-8-4-20-37(29)31(39)22-27-6-5-21-42-27/h5-6,9-18,21,28-29H,2-4,7-8,19-20,22H2,1H3,(H,34,40)(H,35,41)/b10-9+/t28?,29-/m0/s1. The van der Waals surface area contributed by atoms with Crippen molar-refractivity contribution in [2.24, 2.45) is 0 Å². The predicted molar refractivity (Wildman–Crippen MR) is 167 cm³/mol. The Kier molecular flexibility index (Phi) is 9.48. The first-order valence-electron chi connectivity index (χ1n) is 14.5. The summed E-state index contributed by atoms with van der Waals surface area (Å²) in [6.45, 7) is 3.06. The van der Waals surface area contributed by atoms with Gasteiger partial charge >= 0.3 is 0 Å². The molecule has 2 saturated heterocycles. The van der Waals surface area contributed by atoms with Crippen molar-refractivity contribution >= 4 is 58.5 Å². The molecule has 2 atom stereocenters. The summed E-state index contributed by atoms with van der Waals surface area (Å²) in [6.07, 6.45) is 7.72. The molecule has 42 heavy (non-hydrogen) atoms. The number of amides is 4. The van der Waals surface area contributed by atoms with Gasteiger partial charge in [-0.25, -0.2) is 0 Å². The smallest absolute Gasteiger partial charge is 0.247 e. The Morgan fingerprint density at radius 3 is 1.71 bits per heavy atom. The molecule has 0 saturated carbocycles. The molecule has 0 radical (unpaired) electrons. The van der Waals surface area contributed by atoms with Crippen molar-refractivity contribution in [3.05, 3.63) is 82.0 Å². The van der Waals surface area contributed by atoms with E-state index in [1.54, 1.807) is 21.1 Å². The van der Waals surface area contributed by atoms with Gasteiger partial charge in [0.2, 0.25) is 23.6 Å². The van der Waals surface area contributed by atoms with Crippen LogP contribution in [0.5, 0.6) is 0 Å². The topological polar surface area (TPSA) is 98.8 Å². The number of anilines is 2. The van der Waals surface area contributed by atoms with Crippen LogP contribution in [0.25, 0.3) is 12.2 Å². The lowest BCUT2D eigenvalue weighted by atomic mass is 10.1. The van der Waals surface area contributed by atoms with Gasteiger partial charge in [-0.05, 0) is 72.5 Å². The normalized spacial score (nSPS) is 18.4. The Labute approximate surface area is 250 Å². The van der Waals surface area contributed by atoms with Gasteiger partial charge in [0.15, 0.2) is 0 Å². The van der Waals surface area contributed by atoms with Crippen LogP contribution in [0.3, 0.4) is 0 Å². The molecule has 3 heterocycles. The summed E-state index contributed by atoms with van der Waals surface area (Å²) in [7, 11) is 0. The number of carbonyl (C=O) groups is 4. The van der Waals surface area contributed by atoms with E-state index in [0.717, 1.165) is 28.8 Å². The van der Waals surface area contributed by atoms with Crippen molar-refractivity contribution in [3.63, 3.8) is 0 Å². The van der Waals surface area contributed by atoms with Crippen molar-refractivity contribution in [3.8, 4) is 0 Å². The number of nitrogens with one attached hydrogen (secondary N) is 2. The van der Waals surface area contributed by atoms with E-state index in [9.17, 15) is 19.2 Å². The van der Waals surface area contributed by atoms with Gasteiger partial charge in [0.25, 0.3) is 0 Å². The Bertz CT molecular complexity index is 1430. The number of carbonyl (C=O) groups excluding carboxylic acids is 4. The molecule has 0 bridgehead atoms. The predicted octanol–water partition coefficient (Wildman–Crippen LogP) is 5.43. The maximum absolute atomic E-state index is 13.0. The lowest BCUT2D eigenvalue weighted by Crippen LogP contribution is -2.43. The quantitative estimate of drug-likeness (QED) is 0.328. The highest BCUT2D eigenvalue weighted by Crippen LogP contribution is 2.23. The molecule has 2 fully saturated rings. The highest BCUT2D eigenvalue weighted by atomic mass is 32.1. The van der Waals surface area contributed by atoms with Crippen LogP contribution < -0.4 is 10.6 Å². The third kappa shape index (κ3) is 7.15. The molecule has 0 aliphatic carbocycles. The van der Waals surface area contributed by atoms with Crippen molar-refractivity contribution in [2.75, 3.05) is 23.7 Å². The molecule has 1 unspecified atom stereocenters. The van der Waals surface area contributed by atoms with Gasteiger partial charge in [0, 0.05) is 35.8 Å². The first-order chi connectivity index (χ1) is 20.4. The lowest BCUT2D eigenvalue weighted by molar-refractivity contribution is -0.136. The van der Waals surface area contributed by atoms with Crippen molar-refractivity contribution in [1.82, 2.24) is 9.80 Å². The fourth-order valence-corrected chi connectivity index (χ4v) is 6.24. The SMILES string of the molecule is CCC(=O)N1CCCC1C(=O)Nc1ccc(/C=C/c2ccc(NC(=O)[C@@H]3CCCN3C(=O)Cc3cccs3)cc2)cc1. The molecule has 8 nitrogen and oxygen atoms in total. The summed E-state index contributed by atoms with van der Waals surface area (Å²) in [5.74, 6) is -0.286. The summed E-state index contributed by atoms with van der Waals surface area (Å²) in [4.78, 5) is 55.1. The van der Waals surface area contributed by atoms with Gasteiger partial charge < -0.3 is 20.4 Å². The van der Waals surface area contributed by atoms with Crippen LogP contribution in [-0.2, 0) is 25.6 Å². The summed E-state index contributed by atoms with van der Waals surface area (Å²) in [5.41, 5.74) is 3.34. The molecule has 5 rings (SSSR count). The van der Waals surface area contributed by atoms with E-state index in [2.05, 4.69) is 10.6 Å². The van der Waals surface area contributed by atoms with E-state index in [-0.39, 0.29) is 23.6 Å². The summed E-state index contributed by atoms with van der Waals surface area (Å²) < 4.78 is 0. The van der Waals surface area contributed by atoms with Crippen LogP contribution in [0.4, 0.5) is 11.4 Å². The zero-order valence-corrected chi connectivity index (χ0v) is 24.6. The number of nitrogens with zero attached hydrogens (tertiary/aromatic N) is 2. The molecule has 3 aromatic rings. The van der Waals surface area contributed by atoms with Crippen molar-refractivity contribution < 1.29 is 19.2 Å². The Hall–Kier alpha value is -4.24. The molecular weight excluding hydrogens is 548 g/mol. The number of thiophene rings is 1. The van der Waals surface area contributed by atoms with Gasteiger partial charge in [-0.15, -0.1) is 11.3 Å². The lowest BCUT2D eigenvalue weighted by Gasteiger charge is -2.24. The number of benzene rings is 2. The highest BCUT2D eigenvalue weighted by molar-refractivity contribution is 7.10. The molecule has 4 amide bonds. The summed E-state index contributed by atoms with van der Waals surface area (Å²) >= 11 is 1.55. The fraction of sp³-hybridized carbons (Fsp3) is 0.333. The minimum Gasteiger partial charge on any atom is -0.331 e. The van der Waals surface area contributed by atoms with Crippen LogP contribution in [-0.4, -0.2) is 58.6 Å². The summed E-state index contributed by atoms with van der Waals surface area (Å²) in [5, 5.41) is 7.87. The highest BCUT2D eigenvalue weighted by Gasteiger charge is 2.34. The minimum absolute atomic E-state index is 0.00470. The van der Waals surface area contributed by atoms with Gasteiger partial charge in [-0.1, -0.05) is 49.4 Å². The Balaban J connectivity index is 1.12. The molecular formula is C33H36N4O4S. The van der Waals surface area contributed by atoms with Crippen molar-refractivity contribution in [1.29, 1.82) is 0 Å². The maximum atomic E-state index is 13.0. The van der Waals surface area contributed by atoms with E-state index in [4.69, 9.17) is 0 Å². The van der Waals surface area contributed by atoms with Gasteiger partial charge in [-0.2, -0.15) is 0 Å². The van der Waals surface area contributed by atoms with Crippen LogP contribution in [0, 0.1) is 0 Å². The van der Waals surface area contributed by atoms with E-state index >= 15 is 0 Å². The van der Waals surface area contributed by atoms with E-state index in [0.29, 0.717) is 50.1 Å². The van der Waals surface area contributed by atoms with Crippen molar-refractivity contribution in [2.45, 2.75) is 57.5 Å². The summed E-state index contributed by atoms with van der Waals surface area (Å²) in [6, 6.07) is 18.2. The largest absolute Gasteiger partial charge is 0.331 e. The first-order valence-corrected chi connectivity index (χ1v) is 15.4. The second-order valence-corrected chi connectivity index (χ2v) is 11.7. The van der Waals surface area contributed by atoms with Crippen LogP contribution in [0.1, 0.15) is 55.0 Å². The number of likely N-dealkylation sites (tertiary alicyclic amines) is 2. The number of hydrogen-bond donors (Lipinski definition) is 2. The second-order valence-electron chi connectivity index (χ2n) is 10.7. The maximum Gasteiger partial charge on any atom is 0.247 e. The first kappa shape index (κ1) is 29.3. The number of hydrogen-bond acceptors (Lipinski definition) is 5. The molecule has 2 N–H and O–H groups in total. The third-order valence-corrected chi connectivity index (χ3v) is 8.66. The molecule has 2 aliphatic heterocycles. The monoisotopic (exact) mass is 584 g/mol. The second kappa shape index (κ2) is 13.6. The minimum atomic E-state index is -0.444. The van der Waals surface area contributed by atoms with Crippen LogP contribution in [0.2, 0.25) is 0 Å².